The van der Waals surface area contributed by atoms with Crippen LogP contribution in [0.5, 0.6) is 0 Å². The Morgan fingerprint density at radius 3 is 2.81 bits per heavy atom. The summed E-state index contributed by atoms with van der Waals surface area (Å²) in [5.41, 5.74) is 1.85. The van der Waals surface area contributed by atoms with E-state index in [1.165, 1.54) is 12.1 Å². The van der Waals surface area contributed by atoms with Crippen molar-refractivity contribution in [2.45, 2.75) is 13.8 Å². The molecular weight excluding hydrogens is 292 g/mol. The van der Waals surface area contributed by atoms with Gasteiger partial charge in [-0.05, 0) is 17.5 Å². The van der Waals surface area contributed by atoms with Crippen molar-refractivity contribution in [1.82, 2.24) is 5.32 Å². The average Bonchev–Trinajstić information content (AvgIpc) is 2.43. The number of hydrogen-bond donors (Lipinski definition) is 1. The second kappa shape index (κ2) is 8.77. The zero-order chi connectivity index (χ0) is 15.8. The molecule has 1 aromatic rings. The van der Waals surface area contributed by atoms with Crippen molar-refractivity contribution in [1.29, 1.82) is 0 Å². The van der Waals surface area contributed by atoms with Crippen LogP contribution in [-0.2, 0) is 4.74 Å². The van der Waals surface area contributed by atoms with Crippen molar-refractivity contribution < 1.29 is 9.66 Å². The summed E-state index contributed by atoms with van der Waals surface area (Å²) in [6.45, 7) is 6.25. The molecule has 1 rings (SSSR count). The molecule has 0 aromatic heterocycles. The Balaban J connectivity index is 2.93. The maximum Gasteiger partial charge on any atom is 0.270 e. The fourth-order valence-corrected chi connectivity index (χ4v) is 1.96. The number of halogens is 1. The first-order chi connectivity index (χ1) is 9.95. The summed E-state index contributed by atoms with van der Waals surface area (Å²) < 4.78 is 4.99. The van der Waals surface area contributed by atoms with E-state index in [2.05, 4.69) is 19.2 Å². The minimum Gasteiger partial charge on any atom is -0.383 e. The van der Waals surface area contributed by atoms with Gasteiger partial charge in [-0.3, -0.25) is 10.1 Å². The molecule has 0 unspecified atom stereocenters. The first kappa shape index (κ1) is 17.6. The van der Waals surface area contributed by atoms with Crippen molar-refractivity contribution in [3.8, 4) is 0 Å². The van der Waals surface area contributed by atoms with Crippen molar-refractivity contribution in [2.24, 2.45) is 5.92 Å². The number of nitro groups is 1. The van der Waals surface area contributed by atoms with E-state index in [0.717, 1.165) is 12.1 Å². The molecule has 21 heavy (non-hydrogen) atoms. The number of nitrogens with one attached hydrogen (secondary N) is 1. The van der Waals surface area contributed by atoms with Crippen LogP contribution < -0.4 is 5.32 Å². The Labute approximate surface area is 130 Å². The predicted molar refractivity (Wildman–Crippen MR) is 85.7 cm³/mol. The molecule has 5 nitrogen and oxygen atoms in total. The van der Waals surface area contributed by atoms with E-state index in [4.69, 9.17) is 16.3 Å². The normalized spacial score (nSPS) is 12.0. The van der Waals surface area contributed by atoms with Crippen LogP contribution in [0.4, 0.5) is 5.69 Å². The molecule has 0 heterocycles. The first-order valence-corrected chi connectivity index (χ1v) is 7.17. The van der Waals surface area contributed by atoms with E-state index >= 15 is 0 Å². The second-order valence-electron chi connectivity index (χ2n) is 5.01. The maximum absolute atomic E-state index is 10.8. The van der Waals surface area contributed by atoms with Gasteiger partial charge in [0.15, 0.2) is 0 Å². The number of hydrogen-bond acceptors (Lipinski definition) is 4. The Bertz CT molecular complexity index is 516. The minimum absolute atomic E-state index is 0.0427. The highest BCUT2D eigenvalue weighted by molar-refractivity contribution is 6.32. The summed E-state index contributed by atoms with van der Waals surface area (Å²) in [5.74, 6) is 0.315. The molecule has 0 saturated carbocycles. The molecule has 0 fully saturated rings. The van der Waals surface area contributed by atoms with Gasteiger partial charge in [-0.2, -0.15) is 0 Å². The zero-order valence-corrected chi connectivity index (χ0v) is 13.3. The minimum atomic E-state index is -0.417. The van der Waals surface area contributed by atoms with E-state index in [1.54, 1.807) is 13.2 Å². The largest absolute Gasteiger partial charge is 0.383 e. The highest BCUT2D eigenvalue weighted by Crippen LogP contribution is 2.25. The number of nitrogens with zero attached hydrogens (tertiary/aromatic N) is 1. The Morgan fingerprint density at radius 2 is 2.24 bits per heavy atom. The topological polar surface area (TPSA) is 64.4 Å². The first-order valence-electron chi connectivity index (χ1n) is 6.79. The van der Waals surface area contributed by atoms with Gasteiger partial charge >= 0.3 is 0 Å². The standard InChI is InChI=1S/C15H21ClN2O3/c1-11(2)13(10-17-6-7-21-3)8-12-9-14(18(19)20)4-5-15(12)16/h4-5,8-9,11,17H,6-7,10H2,1-3H3. The number of ether oxygens (including phenoxy) is 1. The number of benzene rings is 1. The van der Waals surface area contributed by atoms with Gasteiger partial charge in [0.05, 0.1) is 11.5 Å². The van der Waals surface area contributed by atoms with E-state index < -0.39 is 4.92 Å². The third-order valence-electron chi connectivity index (χ3n) is 3.08. The molecule has 6 heteroatoms. The molecule has 0 aliphatic heterocycles. The maximum atomic E-state index is 10.8. The SMILES string of the molecule is COCCNCC(=Cc1cc([N+](=O)[O-])ccc1Cl)C(C)C. The lowest BCUT2D eigenvalue weighted by molar-refractivity contribution is -0.384. The highest BCUT2D eigenvalue weighted by Gasteiger charge is 2.10. The Morgan fingerprint density at radius 1 is 1.52 bits per heavy atom. The molecule has 0 saturated heterocycles. The molecule has 0 atom stereocenters. The van der Waals surface area contributed by atoms with Gasteiger partial charge in [0.2, 0.25) is 0 Å². The third kappa shape index (κ3) is 5.83. The van der Waals surface area contributed by atoms with Gasteiger partial charge in [0, 0.05) is 37.4 Å². The van der Waals surface area contributed by atoms with Crippen LogP contribution in [0.3, 0.4) is 0 Å². The molecule has 1 aromatic carbocycles. The smallest absolute Gasteiger partial charge is 0.270 e. The van der Waals surface area contributed by atoms with Gasteiger partial charge in [-0.25, -0.2) is 0 Å². The van der Waals surface area contributed by atoms with Crippen LogP contribution in [0.15, 0.2) is 23.8 Å². The summed E-state index contributed by atoms with van der Waals surface area (Å²) in [4.78, 5) is 10.4. The van der Waals surface area contributed by atoms with Crippen molar-refractivity contribution in [3.63, 3.8) is 0 Å². The summed E-state index contributed by atoms with van der Waals surface area (Å²) in [7, 11) is 1.66. The summed E-state index contributed by atoms with van der Waals surface area (Å²) in [6, 6.07) is 4.47. The van der Waals surface area contributed by atoms with Gasteiger partial charge in [0.25, 0.3) is 5.69 Å². The zero-order valence-electron chi connectivity index (χ0n) is 12.6. The molecule has 1 N–H and O–H groups in total. The van der Waals surface area contributed by atoms with Crippen molar-refractivity contribution >= 4 is 23.4 Å². The highest BCUT2D eigenvalue weighted by atomic mass is 35.5. The lowest BCUT2D eigenvalue weighted by Gasteiger charge is -2.13. The predicted octanol–water partition coefficient (Wildman–Crippen LogP) is 3.52. The Kier molecular flexibility index (Phi) is 7.36. The van der Waals surface area contributed by atoms with Crippen LogP contribution in [0, 0.1) is 16.0 Å². The van der Waals surface area contributed by atoms with Crippen molar-refractivity contribution in [3.05, 3.63) is 44.5 Å². The summed E-state index contributed by atoms with van der Waals surface area (Å²) >= 11 is 6.13. The van der Waals surface area contributed by atoms with Crippen LogP contribution in [-0.4, -0.2) is 31.7 Å². The van der Waals surface area contributed by atoms with E-state index in [0.29, 0.717) is 29.7 Å². The lowest BCUT2D eigenvalue weighted by Crippen LogP contribution is -2.23. The molecular formula is C15H21ClN2O3. The van der Waals surface area contributed by atoms with E-state index in [9.17, 15) is 10.1 Å². The van der Waals surface area contributed by atoms with Gasteiger partial charge in [0.1, 0.15) is 0 Å². The van der Waals surface area contributed by atoms with Crippen LogP contribution in [0.25, 0.3) is 6.08 Å². The third-order valence-corrected chi connectivity index (χ3v) is 3.43. The molecule has 116 valence electrons. The molecule has 0 amide bonds. The average molecular weight is 313 g/mol. The number of rotatable bonds is 8. The Hall–Kier alpha value is -1.43. The van der Waals surface area contributed by atoms with Crippen LogP contribution >= 0.6 is 11.6 Å². The fraction of sp³-hybridized carbons (Fsp3) is 0.467. The number of non-ortho nitro benzene ring substituents is 1. The van der Waals surface area contributed by atoms with E-state index in [1.807, 2.05) is 6.08 Å². The molecule has 0 aliphatic carbocycles. The number of methoxy groups -OCH3 is 1. The molecule has 0 radical (unpaired) electrons. The van der Waals surface area contributed by atoms with E-state index in [-0.39, 0.29) is 5.69 Å². The van der Waals surface area contributed by atoms with Crippen LogP contribution in [0.2, 0.25) is 5.02 Å². The van der Waals surface area contributed by atoms with Crippen LogP contribution in [0.1, 0.15) is 19.4 Å². The van der Waals surface area contributed by atoms with Gasteiger partial charge in [-0.1, -0.05) is 37.1 Å². The molecule has 0 spiro atoms. The van der Waals surface area contributed by atoms with Gasteiger partial charge in [-0.15, -0.1) is 0 Å². The summed E-state index contributed by atoms with van der Waals surface area (Å²) in [5, 5.41) is 14.6. The molecule has 0 aliphatic rings. The quantitative estimate of drug-likeness (QED) is 0.453. The monoisotopic (exact) mass is 312 g/mol. The molecule has 0 bridgehead atoms. The van der Waals surface area contributed by atoms with Gasteiger partial charge < -0.3 is 10.1 Å². The summed E-state index contributed by atoms with van der Waals surface area (Å²) in [6.07, 6.45) is 1.92. The number of nitro benzene ring substituents is 1. The second-order valence-corrected chi connectivity index (χ2v) is 5.41. The lowest BCUT2D eigenvalue weighted by atomic mass is 10.00. The fourth-order valence-electron chi connectivity index (χ4n) is 1.78. The van der Waals surface area contributed by atoms with Crippen molar-refractivity contribution in [2.75, 3.05) is 26.8 Å².